The lowest BCUT2D eigenvalue weighted by Gasteiger charge is -2.04. The second-order valence-electron chi connectivity index (χ2n) is 5.90. The van der Waals surface area contributed by atoms with Crippen LogP contribution in [-0.4, -0.2) is 23.6 Å². The first-order chi connectivity index (χ1) is 13.6. The fourth-order valence-corrected chi connectivity index (χ4v) is 3.53. The largest absolute Gasteiger partial charge is 0.454 e. The van der Waals surface area contributed by atoms with Crippen molar-refractivity contribution in [3.05, 3.63) is 63.6 Å². The average Bonchev–Trinajstić information content (AvgIpc) is 3.32. The Morgan fingerprint density at radius 3 is 2.68 bits per heavy atom. The summed E-state index contributed by atoms with van der Waals surface area (Å²) in [7, 11) is 0. The van der Waals surface area contributed by atoms with Crippen molar-refractivity contribution in [1.29, 1.82) is 0 Å². The molecule has 1 aliphatic rings. The van der Waals surface area contributed by atoms with Crippen molar-refractivity contribution in [2.75, 3.05) is 17.4 Å². The fourth-order valence-electron chi connectivity index (χ4n) is 2.56. The van der Waals surface area contributed by atoms with Crippen LogP contribution in [0.3, 0.4) is 0 Å². The molecule has 0 atom stereocenters. The Balaban J connectivity index is 1.35. The summed E-state index contributed by atoms with van der Waals surface area (Å²) in [5, 5.41) is 7.71. The monoisotopic (exact) mass is 459 g/mol. The number of hydrogen-bond donors (Lipinski definition) is 2. The van der Waals surface area contributed by atoms with E-state index in [0.29, 0.717) is 33.6 Å². The van der Waals surface area contributed by atoms with Crippen LogP contribution in [0.5, 0.6) is 11.5 Å². The first kappa shape index (κ1) is 18.5. The van der Waals surface area contributed by atoms with Gasteiger partial charge in [-0.3, -0.25) is 14.9 Å². The minimum absolute atomic E-state index is 0.118. The number of ether oxygens (including phenoxy) is 2. The van der Waals surface area contributed by atoms with Crippen LogP contribution in [0.15, 0.2) is 52.3 Å². The van der Waals surface area contributed by atoms with Gasteiger partial charge < -0.3 is 14.8 Å². The number of carbonyl (C=O) groups excluding carboxylic acids is 2. The van der Waals surface area contributed by atoms with Crippen LogP contribution in [0, 0.1) is 0 Å². The molecule has 0 bridgehead atoms. The fraction of sp³-hybridized carbons (Fsp3) is 0.105. The number of benzene rings is 2. The third-order valence-corrected chi connectivity index (χ3v) is 5.21. The highest BCUT2D eigenvalue weighted by atomic mass is 79.9. The van der Waals surface area contributed by atoms with Crippen molar-refractivity contribution in [1.82, 2.24) is 4.98 Å². The van der Waals surface area contributed by atoms with Crippen LogP contribution in [0.1, 0.15) is 16.1 Å². The normalized spacial score (nSPS) is 11.9. The van der Waals surface area contributed by atoms with Gasteiger partial charge in [-0.2, -0.15) is 0 Å². The van der Waals surface area contributed by atoms with Gasteiger partial charge in [0, 0.05) is 21.1 Å². The number of amides is 2. The highest BCUT2D eigenvalue weighted by Gasteiger charge is 2.17. The molecule has 1 aromatic heterocycles. The number of nitrogens with one attached hydrogen (secondary N) is 2. The van der Waals surface area contributed by atoms with Gasteiger partial charge in [-0.25, -0.2) is 4.98 Å². The summed E-state index contributed by atoms with van der Waals surface area (Å²) >= 11 is 4.61. The van der Waals surface area contributed by atoms with Gasteiger partial charge in [0.2, 0.25) is 12.7 Å². The van der Waals surface area contributed by atoms with Gasteiger partial charge >= 0.3 is 0 Å². The Labute approximate surface area is 172 Å². The molecule has 28 heavy (non-hydrogen) atoms. The standard InChI is InChI=1S/C19H14BrN3O4S/c20-12-2-4-13(5-3-12)21-17(24)8-14-9-28-19(22-14)23-18(25)11-1-6-15-16(7-11)27-10-26-15/h1-7,9H,8,10H2,(H,21,24)(H,22,23,25). The molecule has 0 saturated heterocycles. The Morgan fingerprint density at radius 2 is 1.86 bits per heavy atom. The van der Waals surface area contributed by atoms with E-state index in [2.05, 4.69) is 31.5 Å². The number of aromatic nitrogens is 1. The first-order valence-corrected chi connectivity index (χ1v) is 9.95. The number of rotatable bonds is 5. The van der Waals surface area contributed by atoms with E-state index in [0.717, 1.165) is 4.47 Å². The third kappa shape index (κ3) is 4.32. The number of hydrogen-bond acceptors (Lipinski definition) is 6. The molecule has 0 radical (unpaired) electrons. The van der Waals surface area contributed by atoms with E-state index in [9.17, 15) is 9.59 Å². The van der Waals surface area contributed by atoms with Crippen LogP contribution in [0.25, 0.3) is 0 Å². The van der Waals surface area contributed by atoms with Crippen molar-refractivity contribution in [3.63, 3.8) is 0 Å². The maximum atomic E-state index is 12.4. The topological polar surface area (TPSA) is 89.6 Å². The third-order valence-electron chi connectivity index (χ3n) is 3.88. The van der Waals surface area contributed by atoms with E-state index in [-0.39, 0.29) is 25.0 Å². The number of halogens is 1. The maximum Gasteiger partial charge on any atom is 0.257 e. The molecule has 9 heteroatoms. The zero-order valence-corrected chi connectivity index (χ0v) is 16.8. The summed E-state index contributed by atoms with van der Waals surface area (Å²) < 4.78 is 11.5. The molecule has 2 amide bonds. The van der Waals surface area contributed by atoms with Gasteiger partial charge in [-0.1, -0.05) is 15.9 Å². The average molecular weight is 460 g/mol. The summed E-state index contributed by atoms with van der Waals surface area (Å²) in [6.45, 7) is 0.151. The zero-order valence-electron chi connectivity index (χ0n) is 14.4. The van der Waals surface area contributed by atoms with Gasteiger partial charge in [0.25, 0.3) is 5.91 Å². The van der Waals surface area contributed by atoms with Crippen LogP contribution in [-0.2, 0) is 11.2 Å². The molecular formula is C19H14BrN3O4S. The van der Waals surface area contributed by atoms with E-state index in [1.807, 2.05) is 12.1 Å². The summed E-state index contributed by atoms with van der Waals surface area (Å²) in [5.74, 6) is 0.668. The molecule has 2 N–H and O–H groups in total. The molecule has 0 spiro atoms. The second kappa shape index (κ2) is 7.99. The molecule has 0 saturated carbocycles. The summed E-state index contributed by atoms with van der Waals surface area (Å²) in [4.78, 5) is 28.9. The zero-order chi connectivity index (χ0) is 19.5. The van der Waals surface area contributed by atoms with E-state index < -0.39 is 0 Å². The Bertz CT molecular complexity index is 1040. The molecule has 0 fully saturated rings. The lowest BCUT2D eigenvalue weighted by molar-refractivity contribution is -0.115. The van der Waals surface area contributed by atoms with Crippen LogP contribution < -0.4 is 20.1 Å². The molecule has 0 aliphatic carbocycles. The second-order valence-corrected chi connectivity index (χ2v) is 7.67. The van der Waals surface area contributed by atoms with Gasteiger partial charge in [0.15, 0.2) is 16.6 Å². The number of thiazole rings is 1. The van der Waals surface area contributed by atoms with Gasteiger partial charge in [0.1, 0.15) is 0 Å². The Morgan fingerprint density at radius 1 is 1.07 bits per heavy atom. The molecule has 2 aromatic carbocycles. The molecule has 4 rings (SSSR count). The molecule has 7 nitrogen and oxygen atoms in total. The quantitative estimate of drug-likeness (QED) is 0.600. The highest BCUT2D eigenvalue weighted by Crippen LogP contribution is 2.32. The predicted molar refractivity (Wildman–Crippen MR) is 109 cm³/mol. The molecule has 3 aromatic rings. The first-order valence-electron chi connectivity index (χ1n) is 8.28. The van der Waals surface area contributed by atoms with Crippen LogP contribution in [0.2, 0.25) is 0 Å². The minimum atomic E-state index is -0.307. The lowest BCUT2D eigenvalue weighted by Crippen LogP contribution is -2.15. The smallest absolute Gasteiger partial charge is 0.257 e. The molecule has 0 unspecified atom stereocenters. The SMILES string of the molecule is O=C(Cc1csc(NC(=O)c2ccc3c(c2)OCO3)n1)Nc1ccc(Br)cc1. The van der Waals surface area contributed by atoms with Crippen molar-refractivity contribution in [2.24, 2.45) is 0 Å². The summed E-state index contributed by atoms with van der Waals surface area (Å²) in [6, 6.07) is 12.3. The Kier molecular flexibility index (Phi) is 5.27. The van der Waals surface area contributed by atoms with Gasteiger partial charge in [-0.15, -0.1) is 11.3 Å². The molecule has 1 aliphatic heterocycles. The Hall–Kier alpha value is -2.91. The van der Waals surface area contributed by atoms with Crippen molar-refractivity contribution in [3.8, 4) is 11.5 Å². The number of fused-ring (bicyclic) bond motifs is 1. The summed E-state index contributed by atoms with van der Waals surface area (Å²) in [6.07, 6.45) is 0.118. The van der Waals surface area contributed by atoms with Crippen LogP contribution in [0.4, 0.5) is 10.8 Å². The van der Waals surface area contributed by atoms with Crippen molar-refractivity contribution >= 4 is 49.9 Å². The molecular weight excluding hydrogens is 446 g/mol. The predicted octanol–water partition coefficient (Wildman–Crippen LogP) is 4.07. The van der Waals surface area contributed by atoms with E-state index in [1.54, 1.807) is 35.7 Å². The number of anilines is 2. The van der Waals surface area contributed by atoms with Crippen molar-refractivity contribution in [2.45, 2.75) is 6.42 Å². The van der Waals surface area contributed by atoms with E-state index >= 15 is 0 Å². The van der Waals surface area contributed by atoms with Gasteiger partial charge in [0.05, 0.1) is 12.1 Å². The number of carbonyl (C=O) groups is 2. The summed E-state index contributed by atoms with van der Waals surface area (Å²) in [5.41, 5.74) is 1.73. The molecule has 142 valence electrons. The van der Waals surface area contributed by atoms with Crippen molar-refractivity contribution < 1.29 is 19.1 Å². The minimum Gasteiger partial charge on any atom is -0.454 e. The molecule has 2 heterocycles. The van der Waals surface area contributed by atoms with Gasteiger partial charge in [-0.05, 0) is 42.5 Å². The van der Waals surface area contributed by atoms with E-state index in [1.165, 1.54) is 11.3 Å². The maximum absolute atomic E-state index is 12.4. The number of nitrogens with zero attached hydrogens (tertiary/aromatic N) is 1. The van der Waals surface area contributed by atoms with E-state index in [4.69, 9.17) is 9.47 Å². The lowest BCUT2D eigenvalue weighted by atomic mass is 10.2. The highest BCUT2D eigenvalue weighted by molar-refractivity contribution is 9.10. The van der Waals surface area contributed by atoms with Crippen LogP contribution >= 0.6 is 27.3 Å².